The van der Waals surface area contributed by atoms with Crippen LogP contribution in [-0.4, -0.2) is 37.6 Å². The lowest BCUT2D eigenvalue weighted by Crippen LogP contribution is -2.10. The van der Waals surface area contributed by atoms with E-state index in [2.05, 4.69) is 23.8 Å². The molecule has 0 radical (unpaired) electrons. The molecule has 5 aromatic carbocycles. The van der Waals surface area contributed by atoms with Crippen molar-refractivity contribution in [3.63, 3.8) is 0 Å². The van der Waals surface area contributed by atoms with Crippen LogP contribution in [0.4, 0.5) is 11.4 Å². The molecule has 0 saturated carbocycles. The second-order valence-electron chi connectivity index (χ2n) is 16.0. The largest absolute Gasteiger partial charge is 0.492 e. The number of unbranched alkanes of at least 4 members (excludes halogenated alkanes) is 14. The molecule has 5 rings (SSSR count). The molecule has 0 heterocycles. The van der Waals surface area contributed by atoms with Crippen molar-refractivity contribution >= 4 is 70.5 Å². The Bertz CT molecular complexity index is 2300. The highest BCUT2D eigenvalue weighted by Crippen LogP contribution is 2.32. The lowest BCUT2D eigenvalue weighted by molar-refractivity contribution is 0.0732. The summed E-state index contributed by atoms with van der Waals surface area (Å²) in [5.41, 5.74) is 3.51. The number of nitrogens with zero attached hydrogens (tertiary/aromatic N) is 2. The number of hydrogen-bond donors (Lipinski definition) is 0. The molecule has 0 aliphatic rings. The van der Waals surface area contributed by atoms with E-state index in [1.54, 1.807) is 73.1 Å². The van der Waals surface area contributed by atoms with Crippen molar-refractivity contribution in [2.75, 3.05) is 13.2 Å². The fourth-order valence-corrected chi connectivity index (χ4v) is 7.48. The second-order valence-corrected chi connectivity index (χ2v) is 17.2. The summed E-state index contributed by atoms with van der Waals surface area (Å²) in [5, 5.41) is 1.19. The zero-order valence-electron chi connectivity index (χ0n) is 37.7. The predicted molar refractivity (Wildman–Crippen MR) is 268 cm³/mol. The quantitative estimate of drug-likeness (QED) is 0.0214. The first-order chi connectivity index (χ1) is 31.7. The number of rotatable bonds is 28. The molecule has 0 bridgehead atoms. The van der Waals surface area contributed by atoms with Crippen molar-refractivity contribution in [1.82, 2.24) is 0 Å². The minimum atomic E-state index is -0.633. The molecule has 0 fully saturated rings. The maximum absolute atomic E-state index is 13.1. The summed E-state index contributed by atoms with van der Waals surface area (Å²) < 4.78 is 23.0. The van der Waals surface area contributed by atoms with Crippen LogP contribution < -0.4 is 18.9 Å². The lowest BCUT2D eigenvalue weighted by atomic mass is 10.1. The van der Waals surface area contributed by atoms with Crippen molar-refractivity contribution in [3.8, 4) is 23.0 Å². The van der Waals surface area contributed by atoms with Crippen LogP contribution in [0.3, 0.4) is 0 Å². The van der Waals surface area contributed by atoms with E-state index < -0.39 is 11.9 Å². The third kappa shape index (κ3) is 18.3. The average molecular weight is 940 g/mol. The Hall–Kier alpha value is -5.15. The van der Waals surface area contributed by atoms with Gasteiger partial charge < -0.3 is 18.9 Å². The van der Waals surface area contributed by atoms with Gasteiger partial charge in [0.1, 0.15) is 17.2 Å². The van der Waals surface area contributed by atoms with Gasteiger partial charge in [0.15, 0.2) is 5.75 Å². The van der Waals surface area contributed by atoms with Crippen LogP contribution >= 0.6 is 34.8 Å². The van der Waals surface area contributed by atoms with Crippen molar-refractivity contribution in [2.24, 2.45) is 9.98 Å². The van der Waals surface area contributed by atoms with Gasteiger partial charge in [-0.1, -0.05) is 163 Å². The summed E-state index contributed by atoms with van der Waals surface area (Å²) >= 11 is 19.3. The normalized spacial score (nSPS) is 11.3. The molecule has 0 unspecified atom stereocenters. The molecule has 8 nitrogen and oxygen atoms in total. The molecular weight excluding hydrogens is 879 g/mol. The fourth-order valence-electron chi connectivity index (χ4n) is 6.87. The van der Waals surface area contributed by atoms with Crippen LogP contribution in [0.25, 0.3) is 0 Å². The van der Waals surface area contributed by atoms with Gasteiger partial charge in [-0.3, -0.25) is 9.98 Å². The first-order valence-electron chi connectivity index (χ1n) is 23.1. The summed E-state index contributed by atoms with van der Waals surface area (Å²) in [4.78, 5) is 35.2. The predicted octanol–water partition coefficient (Wildman–Crippen LogP) is 16.6. The minimum absolute atomic E-state index is 0.0458. The Kier molecular flexibility index (Phi) is 22.4. The summed E-state index contributed by atoms with van der Waals surface area (Å²) in [7, 11) is 0. The molecule has 0 aliphatic carbocycles. The molecule has 11 heteroatoms. The smallest absolute Gasteiger partial charge is 0.343 e. The van der Waals surface area contributed by atoms with Crippen LogP contribution in [-0.2, 0) is 0 Å². The monoisotopic (exact) mass is 938 g/mol. The number of carbonyl (C=O) groups excluding carboxylic acids is 2. The van der Waals surface area contributed by atoms with Crippen LogP contribution in [0.2, 0.25) is 15.1 Å². The number of ether oxygens (including phenoxy) is 4. The van der Waals surface area contributed by atoms with E-state index >= 15 is 0 Å². The Morgan fingerprint density at radius 3 is 1.29 bits per heavy atom. The highest BCUT2D eigenvalue weighted by Gasteiger charge is 2.15. The van der Waals surface area contributed by atoms with Gasteiger partial charge in [-0.15, -0.1) is 0 Å². The zero-order chi connectivity index (χ0) is 46.1. The summed E-state index contributed by atoms with van der Waals surface area (Å²) in [6.45, 7) is 5.74. The lowest BCUT2D eigenvalue weighted by Gasteiger charge is -2.10. The van der Waals surface area contributed by atoms with Gasteiger partial charge in [0.05, 0.1) is 50.8 Å². The number of hydrogen-bond acceptors (Lipinski definition) is 8. The van der Waals surface area contributed by atoms with E-state index in [4.69, 9.17) is 53.8 Å². The number of esters is 2. The van der Waals surface area contributed by atoms with Crippen LogP contribution in [0.1, 0.15) is 148 Å². The van der Waals surface area contributed by atoms with E-state index in [9.17, 15) is 9.59 Å². The van der Waals surface area contributed by atoms with Gasteiger partial charge in [0.2, 0.25) is 0 Å². The highest BCUT2D eigenvalue weighted by molar-refractivity contribution is 6.33. The molecule has 344 valence electrons. The fraction of sp³-hybridized carbons (Fsp3) is 0.370. The van der Waals surface area contributed by atoms with Gasteiger partial charge in [-0.25, -0.2) is 9.59 Å². The Morgan fingerprint density at radius 1 is 0.446 bits per heavy atom. The number of benzene rings is 5. The highest BCUT2D eigenvalue weighted by atomic mass is 35.5. The molecule has 0 amide bonds. The van der Waals surface area contributed by atoms with Gasteiger partial charge in [-0.2, -0.15) is 0 Å². The average Bonchev–Trinajstić information content (AvgIpc) is 3.31. The van der Waals surface area contributed by atoms with E-state index in [1.807, 2.05) is 24.3 Å². The third-order valence-corrected chi connectivity index (χ3v) is 11.6. The second kappa shape index (κ2) is 28.7. The molecule has 0 saturated heterocycles. The first kappa shape index (κ1) is 50.8. The van der Waals surface area contributed by atoms with Gasteiger partial charge in [0.25, 0.3) is 0 Å². The first-order valence-corrected chi connectivity index (χ1v) is 24.2. The molecule has 65 heavy (non-hydrogen) atoms. The molecule has 0 aliphatic heterocycles. The van der Waals surface area contributed by atoms with Crippen molar-refractivity contribution in [2.45, 2.75) is 117 Å². The topological polar surface area (TPSA) is 95.8 Å². The SMILES string of the molecule is CCCCCCCCCCOc1ccc(N=Cc2ccc(C(=O)Oc3ccc(Cl)c(OC(=O)c4ccc(C=Nc5ccc(OCCCCCCCCCC)c(Cl)c5)cc4)c3)cc2)cc1Cl. The van der Waals surface area contributed by atoms with Crippen molar-refractivity contribution in [3.05, 3.63) is 140 Å². The van der Waals surface area contributed by atoms with E-state index in [-0.39, 0.29) is 16.5 Å². The van der Waals surface area contributed by atoms with Gasteiger partial charge in [-0.05, 0) is 96.8 Å². The van der Waals surface area contributed by atoms with E-state index in [0.717, 1.165) is 36.8 Å². The molecule has 0 atom stereocenters. The summed E-state index contributed by atoms with van der Waals surface area (Å²) in [6, 6.07) is 28.9. The Balaban J connectivity index is 1.05. The maximum Gasteiger partial charge on any atom is 0.343 e. The van der Waals surface area contributed by atoms with Crippen LogP contribution in [0, 0.1) is 0 Å². The minimum Gasteiger partial charge on any atom is -0.492 e. The maximum atomic E-state index is 13.1. The Morgan fingerprint density at radius 2 is 0.862 bits per heavy atom. The van der Waals surface area contributed by atoms with Gasteiger partial charge in [0, 0.05) is 18.5 Å². The van der Waals surface area contributed by atoms with Crippen molar-refractivity contribution < 1.29 is 28.5 Å². The molecular formula is C54H61Cl3N2O6. The Labute approximate surface area is 400 Å². The van der Waals surface area contributed by atoms with Crippen LogP contribution in [0.5, 0.6) is 23.0 Å². The summed E-state index contributed by atoms with van der Waals surface area (Å²) in [6.07, 6.45) is 23.2. The third-order valence-electron chi connectivity index (χ3n) is 10.7. The zero-order valence-corrected chi connectivity index (χ0v) is 39.9. The van der Waals surface area contributed by atoms with E-state index in [0.29, 0.717) is 57.3 Å². The van der Waals surface area contributed by atoms with Crippen molar-refractivity contribution in [1.29, 1.82) is 0 Å². The molecule has 0 spiro atoms. The number of aliphatic imine (C=N–C) groups is 2. The molecule has 0 aromatic heterocycles. The number of halogens is 3. The number of carbonyl (C=O) groups is 2. The molecule has 0 N–H and O–H groups in total. The summed E-state index contributed by atoms with van der Waals surface area (Å²) in [5.74, 6) is 0.266. The van der Waals surface area contributed by atoms with Crippen LogP contribution in [0.15, 0.2) is 113 Å². The standard InChI is InChI=1S/C54H61Cl3N2O6/c1-3-5-7-9-11-13-15-17-33-62-50-31-27-44(35-48(50)56)58-38-40-19-23-42(24-20-40)53(60)64-46-29-30-47(55)52(37-46)65-54(61)43-25-21-41(22-26-43)39-59-45-28-32-51(49(57)36-45)63-34-18-16-14-12-10-8-6-4-2/h19-32,35-39H,3-18,33-34H2,1-2H3. The molecule has 5 aromatic rings. The van der Waals surface area contributed by atoms with E-state index in [1.165, 1.54) is 95.2 Å². The van der Waals surface area contributed by atoms with Gasteiger partial charge >= 0.3 is 11.9 Å².